The zero-order chi connectivity index (χ0) is 15.7. The first-order valence-corrected chi connectivity index (χ1v) is 7.61. The molecule has 1 aromatic rings. The van der Waals surface area contributed by atoms with Crippen molar-refractivity contribution in [3.63, 3.8) is 0 Å². The molecule has 3 atom stereocenters. The van der Waals surface area contributed by atoms with Gasteiger partial charge in [0.15, 0.2) is 0 Å². The van der Waals surface area contributed by atoms with Crippen LogP contribution >= 0.6 is 0 Å². The summed E-state index contributed by atoms with van der Waals surface area (Å²) in [6, 6.07) is 6.64. The van der Waals surface area contributed by atoms with Crippen LogP contribution in [0.2, 0.25) is 0 Å². The third-order valence-corrected chi connectivity index (χ3v) is 4.44. The number of carbonyl (C=O) groups is 1. The minimum Gasteiger partial charge on any atom is -0.320 e. The number of rotatable bonds is 4. The average Bonchev–Trinajstić information content (AvgIpc) is 2.67. The van der Waals surface area contributed by atoms with Gasteiger partial charge in [-0.15, -0.1) is 0 Å². The largest absolute Gasteiger partial charge is 0.320 e. The predicted octanol–water partition coefficient (Wildman–Crippen LogP) is 2.07. The van der Waals surface area contributed by atoms with Crippen molar-refractivity contribution >= 4 is 5.91 Å². The van der Waals surface area contributed by atoms with E-state index in [1.165, 1.54) is 16.7 Å². The van der Waals surface area contributed by atoms with Crippen LogP contribution in [0.4, 0.5) is 0 Å². The molecule has 0 radical (unpaired) electrons. The molecule has 0 aliphatic carbocycles. The molecule has 1 heterocycles. The van der Waals surface area contributed by atoms with Crippen molar-refractivity contribution in [3.8, 4) is 0 Å². The van der Waals surface area contributed by atoms with E-state index in [4.69, 9.17) is 0 Å². The van der Waals surface area contributed by atoms with Gasteiger partial charge in [-0.25, -0.2) is 0 Å². The van der Waals surface area contributed by atoms with Gasteiger partial charge in [-0.3, -0.25) is 10.1 Å². The highest BCUT2D eigenvalue weighted by Gasteiger charge is 2.38. The molecule has 4 nitrogen and oxygen atoms in total. The predicted molar refractivity (Wildman–Crippen MR) is 86.1 cm³/mol. The van der Waals surface area contributed by atoms with E-state index in [2.05, 4.69) is 49.2 Å². The molecule has 3 unspecified atom stereocenters. The van der Waals surface area contributed by atoms with Gasteiger partial charge in [0.05, 0.1) is 6.04 Å². The van der Waals surface area contributed by atoms with Gasteiger partial charge in [-0.05, 0) is 52.9 Å². The number of hydrogen-bond donors (Lipinski definition) is 1. The second-order valence-electron chi connectivity index (χ2n) is 6.45. The molecule has 0 bridgehead atoms. The minimum atomic E-state index is -0.120. The lowest BCUT2D eigenvalue weighted by Gasteiger charge is -2.31. The Morgan fingerprint density at radius 3 is 2.57 bits per heavy atom. The van der Waals surface area contributed by atoms with E-state index in [1.54, 1.807) is 0 Å². The van der Waals surface area contributed by atoms with Gasteiger partial charge >= 0.3 is 0 Å². The number of nitrogens with zero attached hydrogens (tertiary/aromatic N) is 2. The van der Waals surface area contributed by atoms with Crippen molar-refractivity contribution in [3.05, 3.63) is 34.9 Å². The fourth-order valence-electron chi connectivity index (χ4n) is 2.81. The number of carbonyl (C=O) groups excluding carboxylic acids is 1. The monoisotopic (exact) mass is 289 g/mol. The average molecular weight is 289 g/mol. The minimum absolute atomic E-state index is 0.0181. The lowest BCUT2D eigenvalue weighted by molar-refractivity contribution is -0.130. The first-order valence-electron chi connectivity index (χ1n) is 7.61. The fraction of sp³-hybridized carbons (Fsp3) is 0.588. The number of benzene rings is 1. The highest BCUT2D eigenvalue weighted by molar-refractivity contribution is 5.84. The first kappa shape index (κ1) is 16.0. The highest BCUT2D eigenvalue weighted by Crippen LogP contribution is 2.28. The number of likely N-dealkylation sites (N-methyl/N-ethyl adjacent to an activating group) is 1. The Bertz CT molecular complexity index is 527. The van der Waals surface area contributed by atoms with E-state index in [1.807, 2.05) is 25.9 Å². The van der Waals surface area contributed by atoms with Gasteiger partial charge in [-0.1, -0.05) is 23.8 Å². The molecule has 1 fully saturated rings. The van der Waals surface area contributed by atoms with E-state index < -0.39 is 0 Å². The van der Waals surface area contributed by atoms with Crippen molar-refractivity contribution < 1.29 is 4.79 Å². The molecule has 2 rings (SSSR count). The second-order valence-corrected chi connectivity index (χ2v) is 6.45. The lowest BCUT2D eigenvalue weighted by atomic mass is 10.0. The first-order chi connectivity index (χ1) is 9.81. The molecular formula is C17H27N3O. The summed E-state index contributed by atoms with van der Waals surface area (Å²) in [7, 11) is 4.10. The third-order valence-electron chi connectivity index (χ3n) is 4.44. The van der Waals surface area contributed by atoms with Crippen molar-refractivity contribution in [2.45, 2.75) is 45.9 Å². The van der Waals surface area contributed by atoms with Gasteiger partial charge in [0.2, 0.25) is 5.91 Å². The number of nitrogens with one attached hydrogen (secondary N) is 1. The number of aryl methyl sites for hydroxylation is 2. The SMILES string of the molecule is Cc1ccc(C2NC(C)C(=O)N2CC(C)N(C)C)c(C)c1. The van der Waals surface area contributed by atoms with Gasteiger partial charge in [-0.2, -0.15) is 0 Å². The molecule has 116 valence electrons. The van der Waals surface area contributed by atoms with Gasteiger partial charge in [0, 0.05) is 12.6 Å². The summed E-state index contributed by atoms with van der Waals surface area (Å²) < 4.78 is 0. The Kier molecular flexibility index (Phi) is 4.69. The molecule has 4 heteroatoms. The van der Waals surface area contributed by atoms with Crippen molar-refractivity contribution in [2.75, 3.05) is 20.6 Å². The maximum Gasteiger partial charge on any atom is 0.241 e. The van der Waals surface area contributed by atoms with Crippen LogP contribution < -0.4 is 5.32 Å². The standard InChI is InChI=1S/C17H27N3O/c1-11-7-8-15(12(2)9-11)16-18-14(4)17(21)20(16)10-13(3)19(5)6/h7-9,13-14,16,18H,10H2,1-6H3. The zero-order valence-corrected chi connectivity index (χ0v) is 14.0. The van der Waals surface area contributed by atoms with E-state index in [0.717, 1.165) is 6.54 Å². The molecule has 1 N–H and O–H groups in total. The summed E-state index contributed by atoms with van der Waals surface area (Å²) in [5.41, 5.74) is 3.68. The van der Waals surface area contributed by atoms with Crippen LogP contribution in [0.25, 0.3) is 0 Å². The molecule has 1 aliphatic heterocycles. The molecule has 1 amide bonds. The molecule has 1 aromatic carbocycles. The Morgan fingerprint density at radius 1 is 1.33 bits per heavy atom. The smallest absolute Gasteiger partial charge is 0.241 e. The van der Waals surface area contributed by atoms with Crippen LogP contribution in [0.15, 0.2) is 18.2 Å². The second kappa shape index (κ2) is 6.16. The van der Waals surface area contributed by atoms with Crippen LogP contribution in [0.1, 0.15) is 36.7 Å². The molecular weight excluding hydrogens is 262 g/mol. The van der Waals surface area contributed by atoms with E-state index in [-0.39, 0.29) is 18.1 Å². The molecule has 1 aliphatic rings. The van der Waals surface area contributed by atoms with Crippen molar-refractivity contribution in [1.29, 1.82) is 0 Å². The van der Waals surface area contributed by atoms with Gasteiger partial charge < -0.3 is 9.80 Å². The summed E-state index contributed by atoms with van der Waals surface area (Å²) >= 11 is 0. The van der Waals surface area contributed by atoms with Crippen LogP contribution in [0.5, 0.6) is 0 Å². The van der Waals surface area contributed by atoms with Crippen LogP contribution in [0.3, 0.4) is 0 Å². The molecule has 1 saturated heterocycles. The quantitative estimate of drug-likeness (QED) is 0.922. The Labute approximate surface area is 128 Å². The maximum atomic E-state index is 12.5. The fourth-order valence-corrected chi connectivity index (χ4v) is 2.81. The summed E-state index contributed by atoms with van der Waals surface area (Å²) in [5, 5.41) is 3.43. The Hall–Kier alpha value is -1.39. The van der Waals surface area contributed by atoms with Crippen molar-refractivity contribution in [1.82, 2.24) is 15.1 Å². The molecule has 21 heavy (non-hydrogen) atoms. The Morgan fingerprint density at radius 2 is 2.00 bits per heavy atom. The molecule has 0 saturated carbocycles. The van der Waals surface area contributed by atoms with Crippen molar-refractivity contribution in [2.24, 2.45) is 0 Å². The molecule has 0 aromatic heterocycles. The van der Waals surface area contributed by atoms with Gasteiger partial charge in [0.25, 0.3) is 0 Å². The Balaban J connectivity index is 2.29. The summed E-state index contributed by atoms with van der Waals surface area (Å²) in [4.78, 5) is 16.6. The topological polar surface area (TPSA) is 35.6 Å². The lowest BCUT2D eigenvalue weighted by Crippen LogP contribution is -2.41. The van der Waals surface area contributed by atoms with E-state index >= 15 is 0 Å². The van der Waals surface area contributed by atoms with Crippen LogP contribution in [-0.2, 0) is 4.79 Å². The molecule has 0 spiro atoms. The maximum absolute atomic E-state index is 12.5. The van der Waals surface area contributed by atoms with E-state index in [0.29, 0.717) is 6.04 Å². The summed E-state index contributed by atoms with van der Waals surface area (Å²) in [6.45, 7) is 9.04. The zero-order valence-electron chi connectivity index (χ0n) is 14.0. The third kappa shape index (κ3) is 3.27. The van der Waals surface area contributed by atoms with Gasteiger partial charge in [0.1, 0.15) is 6.17 Å². The summed E-state index contributed by atoms with van der Waals surface area (Å²) in [6.07, 6.45) is -0.0181. The number of amides is 1. The van der Waals surface area contributed by atoms with Crippen LogP contribution in [-0.4, -0.2) is 48.4 Å². The number of hydrogen-bond acceptors (Lipinski definition) is 3. The highest BCUT2D eigenvalue weighted by atomic mass is 16.2. The van der Waals surface area contributed by atoms with Crippen LogP contribution in [0, 0.1) is 13.8 Å². The van der Waals surface area contributed by atoms with E-state index in [9.17, 15) is 4.79 Å². The summed E-state index contributed by atoms with van der Waals surface area (Å²) in [5.74, 6) is 0.189. The normalized spacial score (nSPS) is 24.0.